The van der Waals surface area contributed by atoms with Crippen molar-refractivity contribution in [1.29, 1.82) is 0 Å². The van der Waals surface area contributed by atoms with Crippen LogP contribution in [0.3, 0.4) is 0 Å². The first-order valence-electron chi connectivity index (χ1n) is 12.0. The molecule has 0 spiro atoms. The zero-order chi connectivity index (χ0) is 25.1. The van der Waals surface area contributed by atoms with Gasteiger partial charge in [-0.3, -0.25) is 9.78 Å². The van der Waals surface area contributed by atoms with Crippen molar-refractivity contribution in [2.24, 2.45) is 5.92 Å². The SMILES string of the molecule is CNC(=O)c1ccnc2c([C@H](C)CNc3cc(-c4ccc(N5CC(CO)C5)nc4)ncn3)cccc12. The van der Waals surface area contributed by atoms with Crippen molar-refractivity contribution >= 4 is 28.4 Å². The third-order valence-electron chi connectivity index (χ3n) is 6.64. The first-order valence-corrected chi connectivity index (χ1v) is 12.0. The van der Waals surface area contributed by atoms with Gasteiger partial charge in [-0.2, -0.15) is 0 Å². The van der Waals surface area contributed by atoms with E-state index in [4.69, 9.17) is 0 Å². The summed E-state index contributed by atoms with van der Waals surface area (Å²) >= 11 is 0. The highest BCUT2D eigenvalue weighted by Crippen LogP contribution is 2.28. The van der Waals surface area contributed by atoms with Crippen LogP contribution in [-0.2, 0) is 0 Å². The maximum absolute atomic E-state index is 12.3. The van der Waals surface area contributed by atoms with Crippen molar-refractivity contribution in [3.8, 4) is 11.3 Å². The first-order chi connectivity index (χ1) is 17.6. The molecule has 184 valence electrons. The fraction of sp³-hybridized carbons (Fsp3) is 0.296. The quantitative estimate of drug-likeness (QED) is 0.350. The number of rotatable bonds is 8. The topological polar surface area (TPSA) is 116 Å². The molecule has 0 unspecified atom stereocenters. The molecule has 1 amide bonds. The number of aromatic nitrogens is 4. The van der Waals surface area contributed by atoms with Gasteiger partial charge in [0.1, 0.15) is 18.0 Å². The Morgan fingerprint density at radius 1 is 1.14 bits per heavy atom. The average Bonchev–Trinajstić information content (AvgIpc) is 2.90. The van der Waals surface area contributed by atoms with Crippen molar-refractivity contribution < 1.29 is 9.90 Å². The van der Waals surface area contributed by atoms with Crippen LogP contribution in [0.4, 0.5) is 11.6 Å². The normalized spacial score (nSPS) is 14.4. The molecule has 1 aliphatic heterocycles. The average molecular weight is 484 g/mol. The van der Waals surface area contributed by atoms with Crippen molar-refractivity contribution in [2.45, 2.75) is 12.8 Å². The zero-order valence-corrected chi connectivity index (χ0v) is 20.3. The molecule has 4 aromatic rings. The van der Waals surface area contributed by atoms with E-state index in [-0.39, 0.29) is 18.4 Å². The van der Waals surface area contributed by atoms with Gasteiger partial charge in [-0.05, 0) is 23.8 Å². The number of nitrogens with zero attached hydrogens (tertiary/aromatic N) is 5. The van der Waals surface area contributed by atoms with Gasteiger partial charge in [-0.25, -0.2) is 15.0 Å². The third-order valence-corrected chi connectivity index (χ3v) is 6.64. The number of hydrogen-bond acceptors (Lipinski definition) is 8. The number of nitrogens with one attached hydrogen (secondary N) is 2. The van der Waals surface area contributed by atoms with E-state index in [1.54, 1.807) is 25.6 Å². The molecule has 3 aromatic heterocycles. The number of pyridine rings is 2. The summed E-state index contributed by atoms with van der Waals surface area (Å²) < 4.78 is 0. The molecule has 0 saturated carbocycles. The Hall–Kier alpha value is -4.11. The second-order valence-corrected chi connectivity index (χ2v) is 9.11. The number of benzene rings is 1. The minimum atomic E-state index is -0.124. The Kier molecular flexibility index (Phi) is 6.73. The van der Waals surface area contributed by atoms with Crippen LogP contribution in [0.25, 0.3) is 22.2 Å². The number of carbonyl (C=O) groups excluding carboxylic acids is 1. The van der Waals surface area contributed by atoms with Crippen molar-refractivity contribution in [3.63, 3.8) is 0 Å². The van der Waals surface area contributed by atoms with Crippen LogP contribution in [-0.4, -0.2) is 64.2 Å². The van der Waals surface area contributed by atoms with Gasteiger partial charge in [-0.1, -0.05) is 25.1 Å². The third kappa shape index (κ3) is 4.70. The lowest BCUT2D eigenvalue weighted by Crippen LogP contribution is -2.48. The Labute approximate surface area is 209 Å². The molecule has 9 nitrogen and oxygen atoms in total. The van der Waals surface area contributed by atoms with Crippen molar-refractivity contribution in [3.05, 3.63) is 72.3 Å². The van der Waals surface area contributed by atoms with E-state index in [0.29, 0.717) is 18.0 Å². The molecular formula is C27H29N7O2. The van der Waals surface area contributed by atoms with E-state index < -0.39 is 0 Å². The summed E-state index contributed by atoms with van der Waals surface area (Å²) in [6, 6.07) is 13.6. The lowest BCUT2D eigenvalue weighted by Gasteiger charge is -2.39. The Morgan fingerprint density at radius 3 is 2.75 bits per heavy atom. The molecule has 0 aliphatic carbocycles. The summed E-state index contributed by atoms with van der Waals surface area (Å²) in [6.45, 7) is 4.65. The molecule has 3 N–H and O–H groups in total. The van der Waals surface area contributed by atoms with Crippen molar-refractivity contribution in [1.82, 2.24) is 25.3 Å². The molecule has 1 fully saturated rings. The molecule has 0 bridgehead atoms. The fourth-order valence-corrected chi connectivity index (χ4v) is 4.51. The summed E-state index contributed by atoms with van der Waals surface area (Å²) in [5.41, 5.74) is 4.21. The lowest BCUT2D eigenvalue weighted by atomic mass is 9.96. The smallest absolute Gasteiger partial charge is 0.251 e. The predicted molar refractivity (Wildman–Crippen MR) is 140 cm³/mol. The lowest BCUT2D eigenvalue weighted by molar-refractivity contribution is 0.0964. The largest absolute Gasteiger partial charge is 0.396 e. The number of fused-ring (bicyclic) bond motifs is 1. The molecule has 1 saturated heterocycles. The van der Waals surface area contributed by atoms with E-state index in [2.05, 4.69) is 48.5 Å². The number of para-hydroxylation sites is 1. The van der Waals surface area contributed by atoms with Gasteiger partial charge in [0.15, 0.2) is 0 Å². The minimum Gasteiger partial charge on any atom is -0.396 e. The highest BCUT2D eigenvalue weighted by molar-refractivity contribution is 6.06. The molecule has 9 heteroatoms. The summed E-state index contributed by atoms with van der Waals surface area (Å²) in [6.07, 6.45) is 5.05. The second-order valence-electron chi connectivity index (χ2n) is 9.11. The van der Waals surface area contributed by atoms with Crippen molar-refractivity contribution in [2.75, 3.05) is 43.5 Å². The van der Waals surface area contributed by atoms with E-state index in [0.717, 1.165) is 52.4 Å². The maximum atomic E-state index is 12.3. The molecule has 0 radical (unpaired) electrons. The Bertz CT molecular complexity index is 1370. The molecule has 1 atom stereocenters. The molecule has 1 aliphatic rings. The first kappa shape index (κ1) is 23.6. The van der Waals surface area contributed by atoms with Gasteiger partial charge in [0.25, 0.3) is 5.91 Å². The minimum absolute atomic E-state index is 0.124. The number of hydrogen-bond donors (Lipinski definition) is 3. The van der Waals surface area contributed by atoms with E-state index in [1.165, 1.54) is 0 Å². The highest BCUT2D eigenvalue weighted by Gasteiger charge is 2.26. The summed E-state index contributed by atoms with van der Waals surface area (Å²) in [5.74, 6) is 1.98. The van der Waals surface area contributed by atoms with Crippen LogP contribution in [0.1, 0.15) is 28.8 Å². The maximum Gasteiger partial charge on any atom is 0.251 e. The van der Waals surface area contributed by atoms with E-state index >= 15 is 0 Å². The zero-order valence-electron chi connectivity index (χ0n) is 20.3. The van der Waals surface area contributed by atoms with Crippen LogP contribution in [0.2, 0.25) is 0 Å². The van der Waals surface area contributed by atoms with Gasteiger partial charge in [0.2, 0.25) is 0 Å². The number of amides is 1. The van der Waals surface area contributed by atoms with E-state index in [1.807, 2.05) is 36.5 Å². The van der Waals surface area contributed by atoms with E-state index in [9.17, 15) is 9.90 Å². The Balaban J connectivity index is 1.28. The van der Waals surface area contributed by atoms with Gasteiger partial charge in [-0.15, -0.1) is 0 Å². The van der Waals surface area contributed by atoms with Gasteiger partial charge < -0.3 is 20.6 Å². The number of anilines is 2. The van der Waals surface area contributed by atoms with Crippen LogP contribution in [0.15, 0.2) is 61.2 Å². The molecular weight excluding hydrogens is 454 g/mol. The summed E-state index contributed by atoms with van der Waals surface area (Å²) in [4.78, 5) is 32.4. The summed E-state index contributed by atoms with van der Waals surface area (Å²) in [5, 5.41) is 16.2. The van der Waals surface area contributed by atoms with Gasteiger partial charge in [0, 0.05) is 74.5 Å². The monoisotopic (exact) mass is 483 g/mol. The summed E-state index contributed by atoms with van der Waals surface area (Å²) in [7, 11) is 1.63. The van der Waals surface area contributed by atoms with Crippen LogP contribution >= 0.6 is 0 Å². The predicted octanol–water partition coefficient (Wildman–Crippen LogP) is 3.09. The van der Waals surface area contributed by atoms with Gasteiger partial charge in [0.05, 0.1) is 16.8 Å². The molecule has 36 heavy (non-hydrogen) atoms. The number of aliphatic hydroxyl groups excluding tert-OH is 1. The molecule has 1 aromatic carbocycles. The Morgan fingerprint density at radius 2 is 2.00 bits per heavy atom. The standard InChI is InChI=1S/C27H29N7O2/c1-17(20-4-3-5-21-22(27(36)28-2)8-9-29-26(20)21)11-30-24-10-23(32-16-33-24)19-6-7-25(31-12-19)34-13-18(14-34)15-35/h3-10,12,16-18,35H,11,13-15H2,1-2H3,(H,28,36)(H,30,32,33)/t17-/m1/s1. The van der Waals surface area contributed by atoms with Crippen LogP contribution < -0.4 is 15.5 Å². The van der Waals surface area contributed by atoms with Crippen LogP contribution in [0, 0.1) is 5.92 Å². The number of carbonyl (C=O) groups is 1. The van der Waals surface area contributed by atoms with Gasteiger partial charge >= 0.3 is 0 Å². The molecule has 4 heterocycles. The molecule has 5 rings (SSSR count). The fourth-order valence-electron chi connectivity index (χ4n) is 4.51. The number of aliphatic hydroxyl groups is 1. The second kappa shape index (κ2) is 10.2. The van der Waals surface area contributed by atoms with Crippen LogP contribution in [0.5, 0.6) is 0 Å². The highest BCUT2D eigenvalue weighted by atomic mass is 16.3.